The lowest BCUT2D eigenvalue weighted by molar-refractivity contribution is 0.122. The first-order valence-electron chi connectivity index (χ1n) is 13.0. The van der Waals surface area contributed by atoms with Crippen LogP contribution in [0.15, 0.2) is 73.3 Å². The van der Waals surface area contributed by atoms with Crippen LogP contribution in [0.2, 0.25) is 0 Å². The molecule has 4 aromatic rings. The summed E-state index contributed by atoms with van der Waals surface area (Å²) in [4.78, 5) is 29.5. The molecule has 2 fully saturated rings. The summed E-state index contributed by atoms with van der Waals surface area (Å²) < 4.78 is 5.48. The van der Waals surface area contributed by atoms with Crippen LogP contribution in [0.3, 0.4) is 0 Å². The van der Waals surface area contributed by atoms with Gasteiger partial charge in [-0.25, -0.2) is 19.9 Å². The SMILES string of the molecule is c1ccc(Cc2cnc(N3CCN(c4ncnc(Nc5cccc(N6CCOCC6)c5)n4)CC3)nc2)cc1. The van der Waals surface area contributed by atoms with Crippen LogP contribution < -0.4 is 20.0 Å². The number of rotatable bonds is 7. The summed E-state index contributed by atoms with van der Waals surface area (Å²) in [5.74, 6) is 1.97. The molecule has 4 heterocycles. The first-order valence-corrected chi connectivity index (χ1v) is 13.0. The fraction of sp³-hybridized carbons (Fsp3) is 0.321. The van der Waals surface area contributed by atoms with Gasteiger partial charge in [-0.3, -0.25) is 0 Å². The Morgan fingerprint density at radius 3 is 2.18 bits per heavy atom. The number of ether oxygens (including phenoxy) is 1. The zero-order valence-corrected chi connectivity index (χ0v) is 21.3. The third-order valence-corrected chi connectivity index (χ3v) is 6.83. The summed E-state index contributed by atoms with van der Waals surface area (Å²) in [6.45, 7) is 6.47. The van der Waals surface area contributed by atoms with Gasteiger partial charge in [0.05, 0.1) is 13.2 Å². The maximum atomic E-state index is 5.48. The Hall–Kier alpha value is -4.31. The van der Waals surface area contributed by atoms with Crippen LogP contribution in [0.5, 0.6) is 0 Å². The van der Waals surface area contributed by atoms with Gasteiger partial charge in [0, 0.05) is 69.5 Å². The van der Waals surface area contributed by atoms with E-state index in [-0.39, 0.29) is 0 Å². The minimum absolute atomic E-state index is 0.536. The third kappa shape index (κ3) is 5.81. The third-order valence-electron chi connectivity index (χ3n) is 6.83. The van der Waals surface area contributed by atoms with Crippen molar-refractivity contribution < 1.29 is 4.74 Å². The molecule has 2 aliphatic rings. The van der Waals surface area contributed by atoms with Crippen molar-refractivity contribution in [2.75, 3.05) is 72.5 Å². The van der Waals surface area contributed by atoms with Crippen LogP contribution >= 0.6 is 0 Å². The summed E-state index contributed by atoms with van der Waals surface area (Å²) in [5, 5.41) is 3.34. The zero-order chi connectivity index (χ0) is 25.6. The molecule has 2 saturated heterocycles. The molecular weight excluding hydrogens is 478 g/mol. The predicted octanol–water partition coefficient (Wildman–Crippen LogP) is 3.16. The largest absolute Gasteiger partial charge is 0.378 e. The highest BCUT2D eigenvalue weighted by Gasteiger charge is 2.21. The molecule has 1 N–H and O–H groups in total. The number of benzene rings is 2. The summed E-state index contributed by atoms with van der Waals surface area (Å²) in [7, 11) is 0. The van der Waals surface area contributed by atoms with E-state index in [1.807, 2.05) is 30.6 Å². The molecule has 0 saturated carbocycles. The molecule has 0 amide bonds. The predicted molar refractivity (Wildman–Crippen MR) is 148 cm³/mol. The summed E-state index contributed by atoms with van der Waals surface area (Å²) in [6.07, 6.45) is 6.26. The number of hydrogen-bond acceptors (Lipinski definition) is 10. The molecule has 38 heavy (non-hydrogen) atoms. The molecule has 2 aromatic heterocycles. The van der Waals surface area contributed by atoms with Crippen molar-refractivity contribution in [1.82, 2.24) is 24.9 Å². The van der Waals surface area contributed by atoms with E-state index in [0.29, 0.717) is 11.9 Å². The molecule has 2 aromatic carbocycles. The lowest BCUT2D eigenvalue weighted by atomic mass is 10.1. The molecular formula is C28H31N9O. The van der Waals surface area contributed by atoms with Crippen molar-refractivity contribution in [3.63, 3.8) is 0 Å². The normalized spacial score (nSPS) is 15.9. The van der Waals surface area contributed by atoms with Crippen LogP contribution in [-0.4, -0.2) is 77.4 Å². The van der Waals surface area contributed by atoms with Crippen molar-refractivity contribution >= 4 is 29.2 Å². The second-order valence-electron chi connectivity index (χ2n) is 9.41. The van der Waals surface area contributed by atoms with E-state index < -0.39 is 0 Å². The summed E-state index contributed by atoms with van der Waals surface area (Å²) in [6, 6.07) is 18.7. The monoisotopic (exact) mass is 509 g/mol. The van der Waals surface area contributed by atoms with Gasteiger partial charge in [0.15, 0.2) is 0 Å². The molecule has 0 unspecified atom stereocenters. The molecule has 2 aliphatic heterocycles. The van der Waals surface area contributed by atoms with Gasteiger partial charge in [-0.2, -0.15) is 4.98 Å². The zero-order valence-electron chi connectivity index (χ0n) is 21.3. The Kier molecular flexibility index (Phi) is 7.21. The van der Waals surface area contributed by atoms with Crippen molar-refractivity contribution in [3.8, 4) is 0 Å². The average molecular weight is 510 g/mol. The number of hydrogen-bond donors (Lipinski definition) is 1. The highest BCUT2D eigenvalue weighted by atomic mass is 16.5. The van der Waals surface area contributed by atoms with E-state index in [1.165, 1.54) is 11.3 Å². The topological polar surface area (TPSA) is 95.4 Å². The van der Waals surface area contributed by atoms with Gasteiger partial charge in [-0.15, -0.1) is 0 Å². The fourth-order valence-corrected chi connectivity index (χ4v) is 4.77. The standard InChI is InChI=1S/C28H31N9O/c1-2-5-22(6-3-1)17-23-19-29-27(30-20-23)36-9-11-37(12-10-36)28-32-21-31-26(34-28)33-24-7-4-8-25(18-24)35-13-15-38-16-14-35/h1-8,18-21H,9-17H2,(H,31,32,33,34). The number of nitrogens with zero attached hydrogens (tertiary/aromatic N) is 8. The number of morpholine rings is 1. The van der Waals surface area contributed by atoms with E-state index in [0.717, 1.165) is 76.1 Å². The van der Waals surface area contributed by atoms with E-state index in [4.69, 9.17) is 9.72 Å². The van der Waals surface area contributed by atoms with Gasteiger partial charge in [0.25, 0.3) is 0 Å². The molecule has 0 radical (unpaired) electrons. The molecule has 0 atom stereocenters. The maximum absolute atomic E-state index is 5.48. The number of nitrogens with one attached hydrogen (secondary N) is 1. The van der Waals surface area contributed by atoms with Crippen LogP contribution in [0.25, 0.3) is 0 Å². The minimum Gasteiger partial charge on any atom is -0.378 e. The van der Waals surface area contributed by atoms with Crippen molar-refractivity contribution in [2.45, 2.75) is 6.42 Å². The quantitative estimate of drug-likeness (QED) is 0.400. The second-order valence-corrected chi connectivity index (χ2v) is 9.41. The Bertz CT molecular complexity index is 1320. The van der Waals surface area contributed by atoms with Crippen molar-refractivity contribution in [2.24, 2.45) is 0 Å². The molecule has 0 spiro atoms. The lowest BCUT2D eigenvalue weighted by Gasteiger charge is -2.34. The Morgan fingerprint density at radius 2 is 1.42 bits per heavy atom. The first-order chi connectivity index (χ1) is 18.8. The highest BCUT2D eigenvalue weighted by molar-refractivity contribution is 5.62. The van der Waals surface area contributed by atoms with E-state index in [9.17, 15) is 0 Å². The highest BCUT2D eigenvalue weighted by Crippen LogP contribution is 2.23. The van der Waals surface area contributed by atoms with Gasteiger partial charge in [0.2, 0.25) is 17.8 Å². The van der Waals surface area contributed by atoms with E-state index in [1.54, 1.807) is 6.33 Å². The molecule has 194 valence electrons. The van der Waals surface area contributed by atoms with Crippen LogP contribution in [0.1, 0.15) is 11.1 Å². The van der Waals surface area contributed by atoms with Crippen molar-refractivity contribution in [3.05, 3.63) is 84.4 Å². The van der Waals surface area contributed by atoms with Crippen LogP contribution in [0.4, 0.5) is 29.2 Å². The fourth-order valence-electron chi connectivity index (χ4n) is 4.77. The minimum atomic E-state index is 0.536. The van der Waals surface area contributed by atoms with Crippen LogP contribution in [0, 0.1) is 0 Å². The van der Waals surface area contributed by atoms with Gasteiger partial charge in [-0.1, -0.05) is 36.4 Å². The summed E-state index contributed by atoms with van der Waals surface area (Å²) in [5.41, 5.74) is 4.48. The van der Waals surface area contributed by atoms with E-state index in [2.05, 4.69) is 76.4 Å². The molecule has 10 heteroatoms. The maximum Gasteiger partial charge on any atom is 0.231 e. The molecule has 0 aliphatic carbocycles. The van der Waals surface area contributed by atoms with Gasteiger partial charge in [0.1, 0.15) is 6.33 Å². The number of aromatic nitrogens is 5. The smallest absolute Gasteiger partial charge is 0.231 e. The van der Waals surface area contributed by atoms with E-state index >= 15 is 0 Å². The molecule has 10 nitrogen and oxygen atoms in total. The Labute approximate surface area is 222 Å². The van der Waals surface area contributed by atoms with Gasteiger partial charge in [-0.05, 0) is 29.3 Å². The Morgan fingerprint density at radius 1 is 0.684 bits per heavy atom. The molecule has 0 bridgehead atoms. The first kappa shape index (κ1) is 24.1. The van der Waals surface area contributed by atoms with Crippen molar-refractivity contribution in [1.29, 1.82) is 0 Å². The number of piperazine rings is 1. The lowest BCUT2D eigenvalue weighted by Crippen LogP contribution is -2.47. The van der Waals surface area contributed by atoms with Gasteiger partial charge >= 0.3 is 0 Å². The summed E-state index contributed by atoms with van der Waals surface area (Å²) >= 11 is 0. The second kappa shape index (κ2) is 11.4. The van der Waals surface area contributed by atoms with Crippen LogP contribution in [-0.2, 0) is 11.2 Å². The average Bonchev–Trinajstić information content (AvgIpc) is 2.99. The number of anilines is 5. The molecule has 6 rings (SSSR count). The van der Waals surface area contributed by atoms with Gasteiger partial charge < -0.3 is 24.8 Å². The Balaban J connectivity index is 1.05.